The van der Waals surface area contributed by atoms with Gasteiger partial charge in [0.25, 0.3) is 0 Å². The smallest absolute Gasteiger partial charge is 0.119 e. The average Bonchev–Trinajstić information content (AvgIpc) is 2.68. The van der Waals surface area contributed by atoms with E-state index >= 15 is 0 Å². The summed E-state index contributed by atoms with van der Waals surface area (Å²) in [5, 5.41) is 0. The van der Waals surface area contributed by atoms with Crippen LogP contribution in [-0.4, -0.2) is 11.6 Å². The van der Waals surface area contributed by atoms with E-state index in [1.54, 1.807) is 0 Å². The van der Waals surface area contributed by atoms with E-state index in [4.69, 9.17) is 9.72 Å². The molecule has 0 spiro atoms. The molecule has 2 nitrogen and oxygen atoms in total. The zero-order valence-corrected chi connectivity index (χ0v) is 16.8. The minimum absolute atomic E-state index is 0.304. The van der Waals surface area contributed by atoms with Gasteiger partial charge in [-0.2, -0.15) is 0 Å². The topological polar surface area (TPSA) is 22.1 Å². The van der Waals surface area contributed by atoms with Crippen LogP contribution in [-0.2, 0) is 6.42 Å². The number of hydrogen-bond donors (Lipinski definition) is 0. The highest BCUT2D eigenvalue weighted by Crippen LogP contribution is 2.25. The number of hydrogen-bond acceptors (Lipinski definition) is 2. The summed E-state index contributed by atoms with van der Waals surface area (Å²) in [5.41, 5.74) is 3.77. The van der Waals surface area contributed by atoms with Gasteiger partial charge in [0.05, 0.1) is 6.61 Å². The van der Waals surface area contributed by atoms with Crippen molar-refractivity contribution in [2.75, 3.05) is 6.61 Å². The van der Waals surface area contributed by atoms with E-state index in [-0.39, 0.29) is 0 Å². The van der Waals surface area contributed by atoms with Gasteiger partial charge < -0.3 is 4.74 Å². The molecule has 142 valence electrons. The summed E-state index contributed by atoms with van der Waals surface area (Å²) in [5.74, 6) is 1.27. The molecule has 0 fully saturated rings. The Morgan fingerprint density at radius 3 is 2.23 bits per heavy atom. The Morgan fingerprint density at radius 1 is 0.846 bits per heavy atom. The van der Waals surface area contributed by atoms with Gasteiger partial charge >= 0.3 is 0 Å². The fourth-order valence-electron chi connectivity index (χ4n) is 3.16. The Bertz CT molecular complexity index is 603. The molecule has 0 saturated heterocycles. The van der Waals surface area contributed by atoms with Gasteiger partial charge in [0.1, 0.15) is 5.75 Å². The quantitative estimate of drug-likeness (QED) is 0.386. The highest BCUT2D eigenvalue weighted by molar-refractivity contribution is 5.33. The lowest BCUT2D eigenvalue weighted by Gasteiger charge is -2.13. The largest absolute Gasteiger partial charge is 0.494 e. The molecule has 0 aliphatic carbocycles. The molecular weight excluding hydrogens is 318 g/mol. The number of pyridine rings is 1. The van der Waals surface area contributed by atoms with Crippen molar-refractivity contribution in [1.29, 1.82) is 0 Å². The molecule has 1 aromatic carbocycles. The molecule has 0 radical (unpaired) electrons. The highest BCUT2D eigenvalue weighted by atomic mass is 16.5. The van der Waals surface area contributed by atoms with Gasteiger partial charge in [-0.1, -0.05) is 71.1 Å². The maximum atomic E-state index is 5.84. The summed E-state index contributed by atoms with van der Waals surface area (Å²) >= 11 is 0. The first kappa shape index (κ1) is 20.5. The van der Waals surface area contributed by atoms with Crippen LogP contribution in [0.3, 0.4) is 0 Å². The number of unbranched alkanes of at least 4 members (excludes halogenated alkanes) is 5. The molecule has 1 aromatic heterocycles. The average molecular weight is 354 g/mol. The minimum atomic E-state index is 0.304. The van der Waals surface area contributed by atoms with E-state index in [1.165, 1.54) is 49.7 Å². The Kier molecular flexibility index (Phi) is 9.23. The minimum Gasteiger partial charge on any atom is -0.494 e. The molecule has 0 aliphatic rings. The zero-order chi connectivity index (χ0) is 18.6. The van der Waals surface area contributed by atoms with Crippen LogP contribution in [0.2, 0.25) is 0 Å². The van der Waals surface area contributed by atoms with Gasteiger partial charge in [-0.3, -0.25) is 4.98 Å². The maximum absolute atomic E-state index is 5.84. The number of ether oxygens (including phenoxy) is 1. The number of benzene rings is 1. The van der Waals surface area contributed by atoms with E-state index < -0.39 is 0 Å². The number of nitrogens with zero attached hydrogens (tertiary/aromatic N) is 1. The monoisotopic (exact) mass is 353 g/mol. The molecule has 2 rings (SSSR count). The predicted molar refractivity (Wildman–Crippen MR) is 111 cm³/mol. The van der Waals surface area contributed by atoms with Crippen LogP contribution < -0.4 is 4.74 Å². The van der Waals surface area contributed by atoms with E-state index in [0.717, 1.165) is 30.9 Å². The van der Waals surface area contributed by atoms with Gasteiger partial charge in [0, 0.05) is 17.8 Å². The molecule has 0 amide bonds. The third kappa shape index (κ3) is 6.82. The lowest BCUT2D eigenvalue weighted by atomic mass is 9.96. The van der Waals surface area contributed by atoms with Crippen molar-refractivity contribution < 1.29 is 4.74 Å². The van der Waals surface area contributed by atoms with Crippen LogP contribution in [0, 0.1) is 0 Å². The molecule has 2 heteroatoms. The SMILES string of the molecule is CCCCCCOc1ccc(C(C)c2ccc(CCCCC)cn2)cc1. The standard InChI is InChI=1S/C24H35NO/c1-4-6-8-10-18-26-23-15-13-22(14-16-23)20(3)24-17-12-21(19-25-24)11-9-7-5-2/h12-17,19-20H,4-11,18H2,1-3H3. The van der Waals surface area contributed by atoms with Crippen molar-refractivity contribution in [3.8, 4) is 5.75 Å². The van der Waals surface area contributed by atoms with Crippen LogP contribution >= 0.6 is 0 Å². The van der Waals surface area contributed by atoms with Crippen LogP contribution in [0.5, 0.6) is 5.75 Å². The molecule has 1 unspecified atom stereocenters. The molecule has 0 N–H and O–H groups in total. The molecular formula is C24H35NO. The predicted octanol–water partition coefficient (Wildman–Crippen LogP) is 6.93. The second kappa shape index (κ2) is 11.7. The summed E-state index contributed by atoms with van der Waals surface area (Å²) in [6.07, 6.45) is 12.0. The summed E-state index contributed by atoms with van der Waals surface area (Å²) < 4.78 is 5.84. The Labute approximate surface area is 160 Å². The number of aryl methyl sites for hydroxylation is 1. The van der Waals surface area contributed by atoms with E-state index in [1.807, 2.05) is 0 Å². The number of rotatable bonds is 12. The lowest BCUT2D eigenvalue weighted by molar-refractivity contribution is 0.305. The molecule has 26 heavy (non-hydrogen) atoms. The van der Waals surface area contributed by atoms with Crippen LogP contribution in [0.15, 0.2) is 42.6 Å². The van der Waals surface area contributed by atoms with Gasteiger partial charge in [0.2, 0.25) is 0 Å². The summed E-state index contributed by atoms with van der Waals surface area (Å²) in [4.78, 5) is 4.70. The molecule has 1 atom stereocenters. The zero-order valence-electron chi connectivity index (χ0n) is 16.8. The molecule has 0 saturated carbocycles. The third-order valence-electron chi connectivity index (χ3n) is 5.01. The van der Waals surface area contributed by atoms with Crippen molar-refractivity contribution in [2.45, 2.75) is 78.1 Å². The Balaban J connectivity index is 1.85. The molecule has 0 bridgehead atoms. The lowest BCUT2D eigenvalue weighted by Crippen LogP contribution is -2.01. The summed E-state index contributed by atoms with van der Waals surface area (Å²) in [7, 11) is 0. The fraction of sp³-hybridized carbons (Fsp3) is 0.542. The van der Waals surface area contributed by atoms with Crippen molar-refractivity contribution >= 4 is 0 Å². The first-order valence-electron chi connectivity index (χ1n) is 10.4. The highest BCUT2D eigenvalue weighted by Gasteiger charge is 2.10. The third-order valence-corrected chi connectivity index (χ3v) is 5.01. The van der Waals surface area contributed by atoms with E-state index in [2.05, 4.69) is 63.4 Å². The molecule has 1 heterocycles. The fourth-order valence-corrected chi connectivity index (χ4v) is 3.16. The first-order chi connectivity index (χ1) is 12.7. The van der Waals surface area contributed by atoms with Crippen molar-refractivity contribution in [2.24, 2.45) is 0 Å². The molecule has 0 aliphatic heterocycles. The Morgan fingerprint density at radius 2 is 1.58 bits per heavy atom. The van der Waals surface area contributed by atoms with Crippen LogP contribution in [0.4, 0.5) is 0 Å². The Hall–Kier alpha value is -1.83. The summed E-state index contributed by atoms with van der Waals surface area (Å²) in [6, 6.07) is 12.9. The van der Waals surface area contributed by atoms with Gasteiger partial charge in [0.15, 0.2) is 0 Å². The van der Waals surface area contributed by atoms with Crippen molar-refractivity contribution in [1.82, 2.24) is 4.98 Å². The maximum Gasteiger partial charge on any atom is 0.119 e. The number of aromatic nitrogens is 1. The normalized spacial score (nSPS) is 12.1. The van der Waals surface area contributed by atoms with Crippen molar-refractivity contribution in [3.05, 3.63) is 59.4 Å². The second-order valence-electron chi connectivity index (χ2n) is 7.25. The summed E-state index contributed by atoms with van der Waals surface area (Å²) in [6.45, 7) is 7.51. The second-order valence-corrected chi connectivity index (χ2v) is 7.25. The van der Waals surface area contributed by atoms with Gasteiger partial charge in [-0.15, -0.1) is 0 Å². The first-order valence-corrected chi connectivity index (χ1v) is 10.4. The van der Waals surface area contributed by atoms with E-state index in [0.29, 0.717) is 5.92 Å². The van der Waals surface area contributed by atoms with Gasteiger partial charge in [-0.25, -0.2) is 0 Å². The van der Waals surface area contributed by atoms with E-state index in [9.17, 15) is 0 Å². The van der Waals surface area contributed by atoms with Gasteiger partial charge in [-0.05, 0) is 48.6 Å². The van der Waals surface area contributed by atoms with Crippen molar-refractivity contribution in [3.63, 3.8) is 0 Å². The molecule has 2 aromatic rings. The van der Waals surface area contributed by atoms with Crippen LogP contribution in [0.1, 0.15) is 88.5 Å². The van der Waals surface area contributed by atoms with Crippen LogP contribution in [0.25, 0.3) is 0 Å².